The second kappa shape index (κ2) is 5.85. The molecular weight excluding hydrogens is 210 g/mol. The van der Waals surface area contributed by atoms with Crippen molar-refractivity contribution >= 4 is 9.84 Å². The van der Waals surface area contributed by atoms with Crippen LogP contribution in [-0.4, -0.2) is 32.5 Å². The van der Waals surface area contributed by atoms with E-state index >= 15 is 0 Å². The van der Waals surface area contributed by atoms with Crippen LogP contribution in [0, 0.1) is 5.92 Å². The molecule has 0 aromatic heterocycles. The lowest BCUT2D eigenvalue weighted by molar-refractivity contribution is 0.396. The molecule has 1 unspecified atom stereocenters. The number of rotatable bonds is 5. The van der Waals surface area contributed by atoms with Gasteiger partial charge in [0.2, 0.25) is 0 Å². The van der Waals surface area contributed by atoms with E-state index in [2.05, 4.69) is 19.2 Å². The van der Waals surface area contributed by atoms with Crippen molar-refractivity contribution < 1.29 is 8.42 Å². The van der Waals surface area contributed by atoms with Crippen molar-refractivity contribution in [3.63, 3.8) is 0 Å². The molecule has 0 amide bonds. The topological polar surface area (TPSA) is 46.2 Å². The summed E-state index contributed by atoms with van der Waals surface area (Å²) in [5.41, 5.74) is 0. The maximum absolute atomic E-state index is 11.2. The van der Waals surface area contributed by atoms with Gasteiger partial charge in [0.05, 0.1) is 11.5 Å². The molecule has 1 fully saturated rings. The normalized spacial score (nSPS) is 23.9. The Hall–Kier alpha value is -0.0900. The minimum Gasteiger partial charge on any atom is -0.314 e. The maximum Gasteiger partial charge on any atom is 0.150 e. The lowest BCUT2D eigenvalue weighted by Crippen LogP contribution is -2.35. The van der Waals surface area contributed by atoms with Gasteiger partial charge in [-0.25, -0.2) is 8.42 Å². The van der Waals surface area contributed by atoms with Crippen LogP contribution in [0.2, 0.25) is 0 Å². The zero-order chi connectivity index (χ0) is 11.3. The lowest BCUT2D eigenvalue weighted by Gasteiger charge is -2.24. The average Bonchev–Trinajstić information content (AvgIpc) is 2.17. The predicted octanol–water partition coefficient (Wildman–Crippen LogP) is 1.59. The van der Waals surface area contributed by atoms with Crippen LogP contribution in [0.25, 0.3) is 0 Å². The minimum absolute atomic E-state index is 0.390. The highest BCUT2D eigenvalue weighted by atomic mass is 32.2. The third kappa shape index (κ3) is 4.98. The summed E-state index contributed by atoms with van der Waals surface area (Å²) >= 11 is 0. The summed E-state index contributed by atoms with van der Waals surface area (Å²) in [5, 5.41) is 3.49. The summed E-state index contributed by atoms with van der Waals surface area (Å²) in [6, 6.07) is 0.563. The van der Waals surface area contributed by atoms with Crippen molar-refractivity contribution in [2.45, 2.75) is 45.6 Å². The van der Waals surface area contributed by atoms with Gasteiger partial charge in [-0.3, -0.25) is 0 Å². The molecule has 4 heteroatoms. The molecule has 0 spiro atoms. The molecule has 0 aliphatic carbocycles. The zero-order valence-electron chi connectivity index (χ0n) is 9.83. The standard InChI is InChI=1S/C11H23NO2S/c1-3-4-10(2)12-9-11-5-7-15(13,14)8-6-11/h10-12H,3-9H2,1-2H3. The lowest BCUT2D eigenvalue weighted by atomic mass is 10.0. The second-order valence-electron chi connectivity index (χ2n) is 4.69. The number of nitrogens with one attached hydrogen (secondary N) is 1. The van der Waals surface area contributed by atoms with Crippen molar-refractivity contribution in [3.05, 3.63) is 0 Å². The van der Waals surface area contributed by atoms with Crippen molar-refractivity contribution in [1.82, 2.24) is 5.32 Å². The van der Waals surface area contributed by atoms with Gasteiger partial charge < -0.3 is 5.32 Å². The van der Waals surface area contributed by atoms with Crippen LogP contribution in [-0.2, 0) is 9.84 Å². The third-order valence-electron chi connectivity index (χ3n) is 3.15. The molecule has 0 saturated carbocycles. The van der Waals surface area contributed by atoms with E-state index in [1.54, 1.807) is 0 Å². The van der Waals surface area contributed by atoms with E-state index in [1.165, 1.54) is 12.8 Å². The maximum atomic E-state index is 11.2. The van der Waals surface area contributed by atoms with Crippen LogP contribution in [0.3, 0.4) is 0 Å². The molecule has 3 nitrogen and oxygen atoms in total. The van der Waals surface area contributed by atoms with Gasteiger partial charge in [-0.1, -0.05) is 13.3 Å². The van der Waals surface area contributed by atoms with Crippen LogP contribution in [0.15, 0.2) is 0 Å². The van der Waals surface area contributed by atoms with Gasteiger partial charge in [0, 0.05) is 6.04 Å². The van der Waals surface area contributed by atoms with E-state index in [1.807, 2.05) is 0 Å². The summed E-state index contributed by atoms with van der Waals surface area (Å²) in [5.74, 6) is 1.34. The highest BCUT2D eigenvalue weighted by Crippen LogP contribution is 2.18. The van der Waals surface area contributed by atoms with Crippen LogP contribution >= 0.6 is 0 Å². The molecule has 1 N–H and O–H groups in total. The Morgan fingerprint density at radius 3 is 2.47 bits per heavy atom. The first kappa shape index (κ1) is 13.0. The zero-order valence-corrected chi connectivity index (χ0v) is 10.6. The summed E-state index contributed by atoms with van der Waals surface area (Å²) in [6.07, 6.45) is 4.08. The number of hydrogen-bond acceptors (Lipinski definition) is 3. The Kier molecular flexibility index (Phi) is 5.06. The van der Waals surface area contributed by atoms with Gasteiger partial charge >= 0.3 is 0 Å². The summed E-state index contributed by atoms with van der Waals surface area (Å²) in [6.45, 7) is 5.37. The average molecular weight is 233 g/mol. The Morgan fingerprint density at radius 2 is 1.93 bits per heavy atom. The minimum atomic E-state index is -2.69. The molecule has 0 bridgehead atoms. The highest BCUT2D eigenvalue weighted by Gasteiger charge is 2.23. The molecule has 1 rings (SSSR count). The fourth-order valence-corrected chi connectivity index (χ4v) is 3.63. The van der Waals surface area contributed by atoms with Crippen LogP contribution in [0.4, 0.5) is 0 Å². The Balaban J connectivity index is 2.19. The molecule has 1 heterocycles. The van der Waals surface area contributed by atoms with Crippen molar-refractivity contribution in [1.29, 1.82) is 0 Å². The molecule has 0 aromatic carbocycles. The molecular formula is C11H23NO2S. The molecule has 0 aromatic rings. The van der Waals surface area contributed by atoms with Crippen LogP contribution in [0.5, 0.6) is 0 Å². The van der Waals surface area contributed by atoms with Gasteiger partial charge in [-0.2, -0.15) is 0 Å². The summed E-state index contributed by atoms with van der Waals surface area (Å²) in [4.78, 5) is 0. The summed E-state index contributed by atoms with van der Waals surface area (Å²) in [7, 11) is -2.69. The van der Waals surface area contributed by atoms with E-state index in [9.17, 15) is 8.42 Å². The van der Waals surface area contributed by atoms with E-state index in [0.29, 0.717) is 23.5 Å². The van der Waals surface area contributed by atoms with E-state index in [-0.39, 0.29) is 0 Å². The SMILES string of the molecule is CCCC(C)NCC1CCS(=O)(=O)CC1. The predicted molar refractivity (Wildman–Crippen MR) is 63.8 cm³/mol. The number of sulfone groups is 1. The van der Waals surface area contributed by atoms with E-state index in [0.717, 1.165) is 19.4 Å². The first-order valence-corrected chi connectivity index (χ1v) is 7.79. The number of hydrogen-bond donors (Lipinski definition) is 1. The fourth-order valence-electron chi connectivity index (χ4n) is 2.05. The Morgan fingerprint density at radius 1 is 1.33 bits per heavy atom. The van der Waals surface area contributed by atoms with E-state index in [4.69, 9.17) is 0 Å². The van der Waals surface area contributed by atoms with Gasteiger partial charge in [0.25, 0.3) is 0 Å². The van der Waals surface area contributed by atoms with Gasteiger partial charge in [0.1, 0.15) is 9.84 Å². The first-order chi connectivity index (χ1) is 7.03. The molecule has 1 atom stereocenters. The Labute approximate surface area is 93.6 Å². The van der Waals surface area contributed by atoms with Gasteiger partial charge in [-0.15, -0.1) is 0 Å². The van der Waals surface area contributed by atoms with Crippen molar-refractivity contribution in [2.75, 3.05) is 18.1 Å². The molecule has 1 aliphatic heterocycles. The second-order valence-corrected chi connectivity index (χ2v) is 7.00. The summed E-state index contributed by atoms with van der Waals surface area (Å²) < 4.78 is 22.4. The highest BCUT2D eigenvalue weighted by molar-refractivity contribution is 7.91. The van der Waals surface area contributed by atoms with E-state index < -0.39 is 9.84 Å². The van der Waals surface area contributed by atoms with Crippen LogP contribution in [0.1, 0.15) is 39.5 Å². The molecule has 15 heavy (non-hydrogen) atoms. The van der Waals surface area contributed by atoms with Gasteiger partial charge in [-0.05, 0) is 38.6 Å². The van der Waals surface area contributed by atoms with Crippen LogP contribution < -0.4 is 5.32 Å². The third-order valence-corrected chi connectivity index (χ3v) is 4.87. The smallest absolute Gasteiger partial charge is 0.150 e. The monoisotopic (exact) mass is 233 g/mol. The quantitative estimate of drug-likeness (QED) is 0.784. The first-order valence-electron chi connectivity index (χ1n) is 5.97. The largest absolute Gasteiger partial charge is 0.314 e. The molecule has 90 valence electrons. The van der Waals surface area contributed by atoms with Crippen molar-refractivity contribution in [2.24, 2.45) is 5.92 Å². The van der Waals surface area contributed by atoms with Crippen molar-refractivity contribution in [3.8, 4) is 0 Å². The van der Waals surface area contributed by atoms with Gasteiger partial charge in [0.15, 0.2) is 0 Å². The fraction of sp³-hybridized carbons (Fsp3) is 1.00. The molecule has 1 aliphatic rings. The Bertz CT molecular complexity index is 260. The molecule has 0 radical (unpaired) electrons. The molecule has 1 saturated heterocycles.